The summed E-state index contributed by atoms with van der Waals surface area (Å²) in [5, 5.41) is 3.91. The number of ether oxygens (including phenoxy) is 1. The second-order valence-electron chi connectivity index (χ2n) is 3.29. The molecule has 1 N–H and O–H groups in total. The standard InChI is InChI=1S/C10H9Cl2NO2.ClH/c11-6-1-2-8(12)7(5-6)9-3-4-15-10(14)13-9;/h1-2,5,9H,3-4H2,(H,13,14);1H/t9-;/m0./s1. The van der Waals surface area contributed by atoms with Crippen molar-refractivity contribution in [3.8, 4) is 0 Å². The number of rotatable bonds is 1. The van der Waals surface area contributed by atoms with Gasteiger partial charge in [0.25, 0.3) is 0 Å². The summed E-state index contributed by atoms with van der Waals surface area (Å²) in [4.78, 5) is 11.0. The molecule has 1 aromatic rings. The van der Waals surface area contributed by atoms with Crippen LogP contribution >= 0.6 is 35.6 Å². The Morgan fingerprint density at radius 1 is 1.38 bits per heavy atom. The molecule has 2 rings (SSSR count). The van der Waals surface area contributed by atoms with Crippen LogP contribution in [-0.4, -0.2) is 12.7 Å². The molecule has 1 fully saturated rings. The first-order valence-electron chi connectivity index (χ1n) is 4.55. The summed E-state index contributed by atoms with van der Waals surface area (Å²) >= 11 is 11.9. The first-order chi connectivity index (χ1) is 7.16. The van der Waals surface area contributed by atoms with Crippen LogP contribution in [0.5, 0.6) is 0 Å². The molecule has 0 unspecified atom stereocenters. The van der Waals surface area contributed by atoms with Gasteiger partial charge in [-0.15, -0.1) is 12.4 Å². The monoisotopic (exact) mass is 281 g/mol. The number of hydrogen-bond donors (Lipinski definition) is 1. The van der Waals surface area contributed by atoms with E-state index in [0.717, 1.165) is 5.56 Å². The number of nitrogens with one attached hydrogen (secondary N) is 1. The van der Waals surface area contributed by atoms with Crippen molar-refractivity contribution in [3.05, 3.63) is 33.8 Å². The van der Waals surface area contributed by atoms with Gasteiger partial charge < -0.3 is 10.1 Å². The maximum Gasteiger partial charge on any atom is 0.407 e. The van der Waals surface area contributed by atoms with E-state index in [2.05, 4.69) is 5.32 Å². The van der Waals surface area contributed by atoms with Crippen LogP contribution < -0.4 is 5.32 Å². The van der Waals surface area contributed by atoms with Crippen LogP contribution in [-0.2, 0) is 4.74 Å². The van der Waals surface area contributed by atoms with Crippen molar-refractivity contribution in [1.29, 1.82) is 0 Å². The predicted molar refractivity (Wildman–Crippen MR) is 65.6 cm³/mol. The highest BCUT2D eigenvalue weighted by Crippen LogP contribution is 2.29. The van der Waals surface area contributed by atoms with Gasteiger partial charge in [-0.25, -0.2) is 4.79 Å². The summed E-state index contributed by atoms with van der Waals surface area (Å²) in [6.45, 7) is 0.402. The molecule has 0 bridgehead atoms. The van der Waals surface area contributed by atoms with Gasteiger partial charge in [-0.3, -0.25) is 0 Å². The highest BCUT2D eigenvalue weighted by atomic mass is 35.5. The number of halogens is 3. The van der Waals surface area contributed by atoms with Gasteiger partial charge in [0.15, 0.2) is 0 Å². The fraction of sp³-hybridized carbons (Fsp3) is 0.300. The second-order valence-corrected chi connectivity index (χ2v) is 4.13. The number of hydrogen-bond acceptors (Lipinski definition) is 2. The summed E-state index contributed by atoms with van der Waals surface area (Å²) in [5.74, 6) is 0. The minimum atomic E-state index is -0.415. The molecule has 1 heterocycles. The number of cyclic esters (lactones) is 1. The minimum absolute atomic E-state index is 0. The topological polar surface area (TPSA) is 38.3 Å². The minimum Gasteiger partial charge on any atom is -0.449 e. The van der Waals surface area contributed by atoms with Gasteiger partial charge >= 0.3 is 6.09 Å². The first-order valence-corrected chi connectivity index (χ1v) is 5.30. The largest absolute Gasteiger partial charge is 0.449 e. The first kappa shape index (κ1) is 13.4. The molecule has 1 saturated heterocycles. The number of carbonyl (C=O) groups is 1. The second kappa shape index (κ2) is 5.62. The van der Waals surface area contributed by atoms with Crippen LogP contribution in [0, 0.1) is 0 Å². The summed E-state index contributed by atoms with van der Waals surface area (Å²) < 4.78 is 4.77. The lowest BCUT2D eigenvalue weighted by molar-refractivity contribution is 0.115. The normalized spacial score (nSPS) is 19.4. The molecule has 0 radical (unpaired) electrons. The molecule has 0 spiro atoms. The summed E-state index contributed by atoms with van der Waals surface area (Å²) in [6, 6.07) is 5.09. The zero-order chi connectivity index (χ0) is 10.8. The van der Waals surface area contributed by atoms with Crippen molar-refractivity contribution < 1.29 is 9.53 Å². The Morgan fingerprint density at radius 3 is 2.81 bits per heavy atom. The van der Waals surface area contributed by atoms with E-state index in [1.165, 1.54) is 0 Å². The van der Waals surface area contributed by atoms with Crippen molar-refractivity contribution in [3.63, 3.8) is 0 Å². The fourth-order valence-electron chi connectivity index (χ4n) is 1.54. The maximum absolute atomic E-state index is 11.0. The average molecular weight is 283 g/mol. The van der Waals surface area contributed by atoms with E-state index in [9.17, 15) is 4.79 Å². The van der Waals surface area contributed by atoms with Crippen LogP contribution in [0.25, 0.3) is 0 Å². The molecule has 3 nitrogen and oxygen atoms in total. The number of carbonyl (C=O) groups excluding carboxylic acids is 1. The van der Waals surface area contributed by atoms with Gasteiger partial charge in [-0.1, -0.05) is 23.2 Å². The van der Waals surface area contributed by atoms with Crippen LogP contribution in [0.4, 0.5) is 4.79 Å². The lowest BCUT2D eigenvalue weighted by atomic mass is 10.0. The highest BCUT2D eigenvalue weighted by Gasteiger charge is 2.22. The maximum atomic E-state index is 11.0. The Morgan fingerprint density at radius 2 is 2.12 bits per heavy atom. The van der Waals surface area contributed by atoms with Crippen LogP contribution in [0.3, 0.4) is 0 Å². The summed E-state index contributed by atoms with van der Waals surface area (Å²) in [5.41, 5.74) is 0.834. The van der Waals surface area contributed by atoms with Crippen molar-refractivity contribution in [2.75, 3.05) is 6.61 Å². The molecule has 0 aliphatic carbocycles. The Balaban J connectivity index is 0.00000128. The molecule has 0 saturated carbocycles. The van der Waals surface area contributed by atoms with Crippen LogP contribution in [0.2, 0.25) is 10.0 Å². The van der Waals surface area contributed by atoms with Gasteiger partial charge in [0.2, 0.25) is 0 Å². The number of amides is 1. The molecular formula is C10H10Cl3NO2. The van der Waals surface area contributed by atoms with E-state index in [4.69, 9.17) is 27.9 Å². The fourth-order valence-corrected chi connectivity index (χ4v) is 1.97. The van der Waals surface area contributed by atoms with E-state index < -0.39 is 6.09 Å². The van der Waals surface area contributed by atoms with Crippen molar-refractivity contribution in [2.24, 2.45) is 0 Å². The zero-order valence-electron chi connectivity index (χ0n) is 8.20. The lowest BCUT2D eigenvalue weighted by Crippen LogP contribution is -2.35. The molecule has 1 atom stereocenters. The Labute approximate surface area is 109 Å². The molecular weight excluding hydrogens is 272 g/mol. The molecule has 1 aliphatic rings. The SMILES string of the molecule is Cl.O=C1N[C@H](c2cc(Cl)ccc2Cl)CCO1. The number of alkyl carbamates (subject to hydrolysis) is 1. The molecule has 1 aromatic carbocycles. The third-order valence-electron chi connectivity index (χ3n) is 2.27. The highest BCUT2D eigenvalue weighted by molar-refractivity contribution is 6.33. The van der Waals surface area contributed by atoms with Crippen LogP contribution in [0.15, 0.2) is 18.2 Å². The predicted octanol–water partition coefficient (Wildman–Crippen LogP) is 3.59. The molecule has 1 amide bonds. The van der Waals surface area contributed by atoms with Gasteiger partial charge in [0.05, 0.1) is 12.6 Å². The summed E-state index contributed by atoms with van der Waals surface area (Å²) in [7, 11) is 0. The quantitative estimate of drug-likeness (QED) is 0.855. The zero-order valence-corrected chi connectivity index (χ0v) is 10.5. The molecule has 6 heteroatoms. The summed E-state index contributed by atoms with van der Waals surface area (Å²) in [6.07, 6.45) is 0.286. The Hall–Kier alpha value is -0.640. The van der Waals surface area contributed by atoms with E-state index in [1.54, 1.807) is 18.2 Å². The average Bonchev–Trinajstić information content (AvgIpc) is 2.22. The third-order valence-corrected chi connectivity index (χ3v) is 2.84. The van der Waals surface area contributed by atoms with E-state index in [-0.39, 0.29) is 18.4 Å². The van der Waals surface area contributed by atoms with Crippen molar-refractivity contribution in [2.45, 2.75) is 12.5 Å². The van der Waals surface area contributed by atoms with Gasteiger partial charge in [0, 0.05) is 16.5 Å². The number of benzene rings is 1. The van der Waals surface area contributed by atoms with Crippen molar-refractivity contribution >= 4 is 41.7 Å². The van der Waals surface area contributed by atoms with Gasteiger partial charge in [0.1, 0.15) is 0 Å². The van der Waals surface area contributed by atoms with E-state index in [1.807, 2.05) is 0 Å². The van der Waals surface area contributed by atoms with Gasteiger partial charge in [-0.05, 0) is 23.8 Å². The Kier molecular flexibility index (Phi) is 4.71. The van der Waals surface area contributed by atoms with E-state index in [0.29, 0.717) is 23.1 Å². The van der Waals surface area contributed by atoms with E-state index >= 15 is 0 Å². The smallest absolute Gasteiger partial charge is 0.407 e. The Bertz CT molecular complexity index is 398. The third kappa shape index (κ3) is 2.94. The molecule has 0 aromatic heterocycles. The van der Waals surface area contributed by atoms with Crippen LogP contribution in [0.1, 0.15) is 18.0 Å². The van der Waals surface area contributed by atoms with Gasteiger partial charge in [-0.2, -0.15) is 0 Å². The molecule has 1 aliphatic heterocycles. The lowest BCUT2D eigenvalue weighted by Gasteiger charge is -2.24. The molecule has 88 valence electrons. The molecule has 16 heavy (non-hydrogen) atoms. The van der Waals surface area contributed by atoms with Crippen molar-refractivity contribution in [1.82, 2.24) is 5.32 Å².